The number of hydrogen-bond acceptors (Lipinski definition) is 5. The lowest BCUT2D eigenvalue weighted by Gasteiger charge is -2.26. The Kier molecular flexibility index (Phi) is 6.04. The van der Waals surface area contributed by atoms with Crippen LogP contribution in [0.2, 0.25) is 0 Å². The van der Waals surface area contributed by atoms with Crippen molar-refractivity contribution < 1.29 is 28.2 Å². The summed E-state index contributed by atoms with van der Waals surface area (Å²) in [7, 11) is 1.33. The number of likely N-dealkylation sites (tertiary alicyclic amines) is 1. The van der Waals surface area contributed by atoms with Crippen LogP contribution in [0.1, 0.15) is 49.3 Å². The Balaban J connectivity index is 1.86. The van der Waals surface area contributed by atoms with Gasteiger partial charge in [0.25, 0.3) is 11.7 Å². The minimum atomic E-state index is -0.871. The Morgan fingerprint density at radius 3 is 2.38 bits per heavy atom. The van der Waals surface area contributed by atoms with Crippen LogP contribution >= 0.6 is 0 Å². The molecule has 1 aliphatic rings. The number of hydrogen-bond donors (Lipinski definition) is 1. The third-order valence-electron chi connectivity index (χ3n) is 5.96. The Bertz CT molecular complexity index is 1250. The van der Waals surface area contributed by atoms with E-state index in [4.69, 9.17) is 9.15 Å². The second-order valence-corrected chi connectivity index (χ2v) is 9.23. The largest absolute Gasteiger partial charge is 0.507 e. The summed E-state index contributed by atoms with van der Waals surface area (Å²) in [5, 5.41) is 11.1. The van der Waals surface area contributed by atoms with Crippen molar-refractivity contribution in [3.8, 4) is 5.75 Å². The van der Waals surface area contributed by atoms with Crippen LogP contribution in [0.5, 0.6) is 5.75 Å². The molecule has 0 saturated carbocycles. The van der Waals surface area contributed by atoms with Crippen LogP contribution in [-0.4, -0.2) is 28.8 Å². The topological polar surface area (TPSA) is 80.0 Å². The molecular formula is C27H26FNO5. The standard InChI is InChI=1S/C27H26FNO5/c1-27(2,3)18-10-7-16(8-11-18)23-22(24(30)17-9-12-21(33-4)20(28)14-17)25(31)26(32)29(23)15-19-6-5-13-34-19/h5-14,23,30H,15H2,1-4H3/b24-22+. The molecule has 34 heavy (non-hydrogen) atoms. The van der Waals surface area contributed by atoms with Crippen LogP contribution in [-0.2, 0) is 21.5 Å². The van der Waals surface area contributed by atoms with E-state index >= 15 is 0 Å². The summed E-state index contributed by atoms with van der Waals surface area (Å²) in [5.74, 6) is -2.26. The molecule has 1 unspecified atom stereocenters. The van der Waals surface area contributed by atoms with Gasteiger partial charge in [-0.15, -0.1) is 0 Å². The number of rotatable bonds is 5. The van der Waals surface area contributed by atoms with Crippen LogP contribution in [0.15, 0.2) is 70.9 Å². The molecule has 7 heteroatoms. The van der Waals surface area contributed by atoms with Crippen molar-refractivity contribution in [1.29, 1.82) is 0 Å². The number of ketones is 1. The van der Waals surface area contributed by atoms with Gasteiger partial charge in [0.05, 0.1) is 31.5 Å². The molecule has 1 aliphatic heterocycles. The van der Waals surface area contributed by atoms with Gasteiger partial charge >= 0.3 is 0 Å². The fraction of sp³-hybridized carbons (Fsp3) is 0.259. The van der Waals surface area contributed by atoms with Crippen molar-refractivity contribution in [3.63, 3.8) is 0 Å². The van der Waals surface area contributed by atoms with Gasteiger partial charge in [0.15, 0.2) is 11.6 Å². The molecule has 1 saturated heterocycles. The van der Waals surface area contributed by atoms with E-state index in [9.17, 15) is 19.1 Å². The highest BCUT2D eigenvalue weighted by molar-refractivity contribution is 6.46. The Labute approximate surface area is 197 Å². The summed E-state index contributed by atoms with van der Waals surface area (Å²) in [6.07, 6.45) is 1.49. The number of aliphatic hydroxyl groups excluding tert-OH is 1. The van der Waals surface area contributed by atoms with E-state index in [1.54, 1.807) is 12.1 Å². The molecule has 4 rings (SSSR count). The van der Waals surface area contributed by atoms with E-state index in [-0.39, 0.29) is 28.8 Å². The minimum absolute atomic E-state index is 0.00383. The average Bonchev–Trinajstić information content (AvgIpc) is 3.40. The monoisotopic (exact) mass is 463 g/mol. The van der Waals surface area contributed by atoms with Crippen LogP contribution < -0.4 is 4.74 Å². The molecule has 1 aromatic heterocycles. The van der Waals surface area contributed by atoms with Crippen LogP contribution in [0.25, 0.3) is 5.76 Å². The highest BCUT2D eigenvalue weighted by Gasteiger charge is 2.46. The number of benzene rings is 2. The molecule has 0 spiro atoms. The molecular weight excluding hydrogens is 437 g/mol. The molecule has 0 radical (unpaired) electrons. The van der Waals surface area contributed by atoms with Crippen molar-refractivity contribution in [3.05, 3.63) is 94.7 Å². The number of nitrogens with zero attached hydrogens (tertiary/aromatic N) is 1. The smallest absolute Gasteiger partial charge is 0.296 e. The first kappa shape index (κ1) is 23.3. The maximum absolute atomic E-state index is 14.3. The zero-order valence-electron chi connectivity index (χ0n) is 19.5. The van der Waals surface area contributed by atoms with Gasteiger partial charge in [0, 0.05) is 5.56 Å². The molecule has 1 N–H and O–H groups in total. The van der Waals surface area contributed by atoms with Crippen LogP contribution in [0.4, 0.5) is 4.39 Å². The number of ether oxygens (including phenoxy) is 1. The minimum Gasteiger partial charge on any atom is -0.507 e. The van der Waals surface area contributed by atoms with Gasteiger partial charge in [-0.25, -0.2) is 4.39 Å². The van der Waals surface area contributed by atoms with Gasteiger partial charge < -0.3 is 19.2 Å². The number of furan rings is 1. The maximum Gasteiger partial charge on any atom is 0.296 e. The first-order chi connectivity index (χ1) is 16.1. The predicted molar refractivity (Wildman–Crippen MR) is 125 cm³/mol. The second kappa shape index (κ2) is 8.82. The van der Waals surface area contributed by atoms with Gasteiger partial charge in [0.2, 0.25) is 0 Å². The number of Topliss-reactive ketones (excluding diaryl/α,β-unsaturated/α-hetero) is 1. The number of carbonyl (C=O) groups excluding carboxylic acids is 2. The van der Waals surface area contributed by atoms with Crippen LogP contribution in [0, 0.1) is 5.82 Å². The maximum atomic E-state index is 14.3. The van der Waals surface area contributed by atoms with E-state index < -0.39 is 29.3 Å². The first-order valence-corrected chi connectivity index (χ1v) is 10.9. The summed E-state index contributed by atoms with van der Waals surface area (Å²) in [5.41, 5.74) is 1.61. The highest BCUT2D eigenvalue weighted by Crippen LogP contribution is 2.41. The average molecular weight is 464 g/mol. The molecule has 176 valence electrons. The lowest BCUT2D eigenvalue weighted by Crippen LogP contribution is -2.29. The third kappa shape index (κ3) is 4.21. The van der Waals surface area contributed by atoms with Gasteiger partial charge in [-0.2, -0.15) is 0 Å². The molecule has 1 atom stereocenters. The van der Waals surface area contributed by atoms with Crippen molar-refractivity contribution in [1.82, 2.24) is 4.90 Å². The number of methoxy groups -OCH3 is 1. The third-order valence-corrected chi connectivity index (χ3v) is 5.96. The second-order valence-electron chi connectivity index (χ2n) is 9.23. The molecule has 6 nitrogen and oxygen atoms in total. The van der Waals surface area contributed by atoms with Crippen molar-refractivity contribution in [2.24, 2.45) is 0 Å². The van der Waals surface area contributed by atoms with Gasteiger partial charge in [-0.05, 0) is 46.9 Å². The summed E-state index contributed by atoms with van der Waals surface area (Å²) in [4.78, 5) is 27.5. The van der Waals surface area contributed by atoms with Crippen molar-refractivity contribution in [2.45, 2.75) is 38.8 Å². The molecule has 1 fully saturated rings. The first-order valence-electron chi connectivity index (χ1n) is 10.9. The summed E-state index contributed by atoms with van der Waals surface area (Å²) in [6, 6.07) is 14.0. The number of carbonyl (C=O) groups is 2. The van der Waals surface area contributed by atoms with Gasteiger partial charge in [-0.3, -0.25) is 9.59 Å². The zero-order chi connectivity index (χ0) is 24.6. The lowest BCUT2D eigenvalue weighted by atomic mass is 9.85. The summed E-state index contributed by atoms with van der Waals surface area (Å²) < 4.78 is 24.7. The van der Waals surface area contributed by atoms with Gasteiger partial charge in [0.1, 0.15) is 11.5 Å². The Morgan fingerprint density at radius 1 is 1.12 bits per heavy atom. The lowest BCUT2D eigenvalue weighted by molar-refractivity contribution is -0.140. The molecule has 3 aromatic rings. The summed E-state index contributed by atoms with van der Waals surface area (Å²) in [6.45, 7) is 6.30. The quantitative estimate of drug-likeness (QED) is 0.314. The normalized spacial score (nSPS) is 17.9. The highest BCUT2D eigenvalue weighted by atomic mass is 19.1. The zero-order valence-corrected chi connectivity index (χ0v) is 19.5. The van der Waals surface area contributed by atoms with Crippen molar-refractivity contribution in [2.75, 3.05) is 7.11 Å². The molecule has 2 aromatic carbocycles. The fourth-order valence-corrected chi connectivity index (χ4v) is 4.09. The Hall–Kier alpha value is -3.87. The van der Waals surface area contributed by atoms with E-state index in [0.29, 0.717) is 11.3 Å². The van der Waals surface area contributed by atoms with Crippen molar-refractivity contribution >= 4 is 17.4 Å². The molecule has 1 amide bonds. The number of halogens is 1. The van der Waals surface area contributed by atoms with E-state index in [0.717, 1.165) is 11.6 Å². The summed E-state index contributed by atoms with van der Waals surface area (Å²) >= 11 is 0. The molecule has 2 heterocycles. The van der Waals surface area contributed by atoms with E-state index in [1.165, 1.54) is 30.4 Å². The van der Waals surface area contributed by atoms with Gasteiger partial charge in [-0.1, -0.05) is 45.0 Å². The van der Waals surface area contributed by atoms with E-state index in [1.807, 2.05) is 24.3 Å². The number of amides is 1. The SMILES string of the molecule is COc1ccc(/C(O)=C2\C(=O)C(=O)N(Cc3ccco3)C2c2ccc(C(C)(C)C)cc2)cc1F. The van der Waals surface area contributed by atoms with E-state index in [2.05, 4.69) is 20.8 Å². The van der Waals surface area contributed by atoms with Crippen LogP contribution in [0.3, 0.4) is 0 Å². The Morgan fingerprint density at radius 2 is 1.82 bits per heavy atom. The fourth-order valence-electron chi connectivity index (χ4n) is 4.09. The molecule has 0 aliphatic carbocycles. The molecule has 0 bridgehead atoms. The predicted octanol–water partition coefficient (Wildman–Crippen LogP) is 5.35. The number of aliphatic hydroxyl groups is 1.